The molecule has 1 rings (SSSR count). The summed E-state index contributed by atoms with van der Waals surface area (Å²) in [5, 5.41) is 12.6. The van der Waals surface area contributed by atoms with Gasteiger partial charge in [-0.1, -0.05) is 11.6 Å². The van der Waals surface area contributed by atoms with Crippen LogP contribution < -0.4 is 5.32 Å². The van der Waals surface area contributed by atoms with E-state index in [1.807, 2.05) is 27.9 Å². The molecule has 4 nitrogen and oxygen atoms in total. The number of phenols is 1. The third kappa shape index (κ3) is 4.37. The molecule has 4 heteroatoms. The van der Waals surface area contributed by atoms with E-state index in [2.05, 4.69) is 10.2 Å². The first-order chi connectivity index (χ1) is 8.40. The lowest BCUT2D eigenvalue weighted by molar-refractivity contribution is 0.0934. The van der Waals surface area contributed by atoms with E-state index < -0.39 is 0 Å². The van der Waals surface area contributed by atoms with Gasteiger partial charge >= 0.3 is 0 Å². The van der Waals surface area contributed by atoms with Crippen LogP contribution in [0.4, 0.5) is 0 Å². The Kier molecular flexibility index (Phi) is 5.16. The highest BCUT2D eigenvalue weighted by Gasteiger charge is 2.13. The lowest BCUT2D eigenvalue weighted by Crippen LogP contribution is -2.34. The molecular weight excluding hydrogens is 228 g/mol. The number of carbonyl (C=O) groups excluding carboxylic acids is 1. The minimum absolute atomic E-state index is 0.0258. The van der Waals surface area contributed by atoms with Crippen molar-refractivity contribution in [3.05, 3.63) is 29.3 Å². The molecule has 1 aromatic carbocycles. The number of carbonyl (C=O) groups is 1. The lowest BCUT2D eigenvalue weighted by Gasteiger charge is -2.17. The number of hydrogen-bond donors (Lipinski definition) is 2. The fourth-order valence-electron chi connectivity index (χ4n) is 1.66. The second kappa shape index (κ2) is 6.40. The second-order valence-electron chi connectivity index (χ2n) is 4.99. The van der Waals surface area contributed by atoms with E-state index >= 15 is 0 Å². The van der Waals surface area contributed by atoms with Crippen molar-refractivity contribution < 1.29 is 9.90 Å². The molecule has 0 spiro atoms. The van der Waals surface area contributed by atoms with Gasteiger partial charge in [0.05, 0.1) is 5.56 Å². The van der Waals surface area contributed by atoms with Gasteiger partial charge in [0.15, 0.2) is 0 Å². The fraction of sp³-hybridized carbons (Fsp3) is 0.500. The highest BCUT2D eigenvalue weighted by molar-refractivity contribution is 5.97. The predicted octanol–water partition coefficient (Wildman–Crippen LogP) is 1.77. The third-order valence-corrected chi connectivity index (χ3v) is 2.78. The summed E-state index contributed by atoms with van der Waals surface area (Å²) >= 11 is 0. The third-order valence-electron chi connectivity index (χ3n) is 2.78. The van der Waals surface area contributed by atoms with Gasteiger partial charge in [0, 0.05) is 6.04 Å². The van der Waals surface area contributed by atoms with Crippen LogP contribution in [0.25, 0.3) is 0 Å². The fourth-order valence-corrected chi connectivity index (χ4v) is 1.66. The van der Waals surface area contributed by atoms with Crippen molar-refractivity contribution in [1.82, 2.24) is 10.2 Å². The molecule has 2 N–H and O–H groups in total. The van der Waals surface area contributed by atoms with Crippen molar-refractivity contribution in [2.45, 2.75) is 26.3 Å². The molecule has 0 radical (unpaired) electrons. The Morgan fingerprint density at radius 2 is 2.11 bits per heavy atom. The minimum Gasteiger partial charge on any atom is -0.507 e. The van der Waals surface area contributed by atoms with Crippen LogP contribution in [0.3, 0.4) is 0 Å². The van der Waals surface area contributed by atoms with Crippen LogP contribution in [-0.2, 0) is 0 Å². The Balaban J connectivity index is 2.62. The molecular formula is C14H22N2O2. The van der Waals surface area contributed by atoms with Gasteiger partial charge in [-0.25, -0.2) is 0 Å². The van der Waals surface area contributed by atoms with Gasteiger partial charge in [0.25, 0.3) is 5.91 Å². The van der Waals surface area contributed by atoms with Gasteiger partial charge < -0.3 is 15.3 Å². The van der Waals surface area contributed by atoms with Gasteiger partial charge in [0.2, 0.25) is 0 Å². The van der Waals surface area contributed by atoms with Crippen molar-refractivity contribution in [2.75, 3.05) is 20.6 Å². The molecule has 0 saturated carbocycles. The maximum atomic E-state index is 12.0. The summed E-state index contributed by atoms with van der Waals surface area (Å²) in [7, 11) is 4.00. The second-order valence-corrected chi connectivity index (χ2v) is 4.99. The Bertz CT molecular complexity index is 416. The van der Waals surface area contributed by atoms with E-state index in [-0.39, 0.29) is 17.7 Å². The average molecular weight is 250 g/mol. The molecule has 1 aromatic rings. The van der Waals surface area contributed by atoms with Gasteiger partial charge in [-0.05, 0) is 53.0 Å². The van der Waals surface area contributed by atoms with Crippen LogP contribution in [-0.4, -0.2) is 42.6 Å². The van der Waals surface area contributed by atoms with Gasteiger partial charge in [-0.3, -0.25) is 4.79 Å². The summed E-state index contributed by atoms with van der Waals surface area (Å²) in [6.07, 6.45) is 0.880. The highest BCUT2D eigenvalue weighted by Crippen LogP contribution is 2.18. The number of benzene rings is 1. The molecule has 0 bridgehead atoms. The summed E-state index contributed by atoms with van der Waals surface area (Å²) in [5.41, 5.74) is 1.30. The standard InChI is InChI=1S/C14H22N2O2/c1-10-5-6-13(17)12(9-10)14(18)15-11(2)7-8-16(3)4/h5-6,9,11,17H,7-8H2,1-4H3,(H,15,18)/t11-/m0/s1. The number of rotatable bonds is 5. The molecule has 1 atom stereocenters. The zero-order chi connectivity index (χ0) is 13.7. The summed E-state index contributed by atoms with van der Waals surface area (Å²) in [4.78, 5) is 14.1. The number of aromatic hydroxyl groups is 1. The molecule has 18 heavy (non-hydrogen) atoms. The number of phenolic OH excluding ortho intramolecular Hbond substituents is 1. The average Bonchev–Trinajstić information content (AvgIpc) is 2.29. The largest absolute Gasteiger partial charge is 0.507 e. The lowest BCUT2D eigenvalue weighted by atomic mass is 10.1. The van der Waals surface area contributed by atoms with E-state index in [4.69, 9.17) is 0 Å². The van der Waals surface area contributed by atoms with Crippen molar-refractivity contribution in [2.24, 2.45) is 0 Å². The normalized spacial score (nSPS) is 12.5. The molecule has 0 aromatic heterocycles. The Labute approximate surface area is 109 Å². The maximum Gasteiger partial charge on any atom is 0.255 e. The Morgan fingerprint density at radius 3 is 2.72 bits per heavy atom. The Morgan fingerprint density at radius 1 is 1.44 bits per heavy atom. The van der Waals surface area contributed by atoms with E-state index in [0.717, 1.165) is 18.5 Å². The predicted molar refractivity (Wildman–Crippen MR) is 72.9 cm³/mol. The summed E-state index contributed by atoms with van der Waals surface area (Å²) in [6.45, 7) is 4.78. The van der Waals surface area contributed by atoms with Crippen LogP contribution in [0.1, 0.15) is 29.3 Å². The van der Waals surface area contributed by atoms with Crippen molar-refractivity contribution in [1.29, 1.82) is 0 Å². The molecule has 0 saturated heterocycles. The SMILES string of the molecule is Cc1ccc(O)c(C(=O)N[C@@H](C)CCN(C)C)c1. The topological polar surface area (TPSA) is 52.6 Å². The minimum atomic E-state index is -0.220. The molecule has 0 aliphatic heterocycles. The first-order valence-corrected chi connectivity index (χ1v) is 6.15. The van der Waals surface area contributed by atoms with Crippen molar-refractivity contribution in [3.63, 3.8) is 0 Å². The number of amides is 1. The van der Waals surface area contributed by atoms with Crippen LogP contribution >= 0.6 is 0 Å². The zero-order valence-corrected chi connectivity index (χ0v) is 11.5. The molecule has 0 heterocycles. The Hall–Kier alpha value is -1.55. The van der Waals surface area contributed by atoms with Crippen LogP contribution in [0, 0.1) is 6.92 Å². The van der Waals surface area contributed by atoms with E-state index in [9.17, 15) is 9.90 Å². The summed E-state index contributed by atoms with van der Waals surface area (Å²) < 4.78 is 0. The van der Waals surface area contributed by atoms with Gasteiger partial charge in [0.1, 0.15) is 5.75 Å². The molecule has 0 aliphatic carbocycles. The van der Waals surface area contributed by atoms with Crippen molar-refractivity contribution in [3.8, 4) is 5.75 Å². The molecule has 0 fully saturated rings. The first-order valence-electron chi connectivity index (χ1n) is 6.15. The van der Waals surface area contributed by atoms with Gasteiger partial charge in [-0.15, -0.1) is 0 Å². The monoisotopic (exact) mass is 250 g/mol. The quantitative estimate of drug-likeness (QED) is 0.837. The van der Waals surface area contributed by atoms with Gasteiger partial charge in [-0.2, -0.15) is 0 Å². The molecule has 1 amide bonds. The highest BCUT2D eigenvalue weighted by atomic mass is 16.3. The first kappa shape index (κ1) is 14.5. The number of aryl methyl sites for hydroxylation is 1. The van der Waals surface area contributed by atoms with E-state index in [1.165, 1.54) is 0 Å². The van der Waals surface area contributed by atoms with Crippen LogP contribution in [0.2, 0.25) is 0 Å². The molecule has 100 valence electrons. The number of hydrogen-bond acceptors (Lipinski definition) is 3. The summed E-state index contributed by atoms with van der Waals surface area (Å²) in [5.74, 6) is -0.194. The van der Waals surface area contributed by atoms with Crippen LogP contribution in [0.15, 0.2) is 18.2 Å². The maximum absolute atomic E-state index is 12.0. The molecule has 0 unspecified atom stereocenters. The zero-order valence-electron chi connectivity index (χ0n) is 11.5. The van der Waals surface area contributed by atoms with Crippen molar-refractivity contribution >= 4 is 5.91 Å². The smallest absolute Gasteiger partial charge is 0.255 e. The van der Waals surface area contributed by atoms with E-state index in [1.54, 1.807) is 18.2 Å². The molecule has 0 aliphatic rings. The number of nitrogens with zero attached hydrogens (tertiary/aromatic N) is 1. The van der Waals surface area contributed by atoms with Crippen LogP contribution in [0.5, 0.6) is 5.75 Å². The summed E-state index contributed by atoms with van der Waals surface area (Å²) in [6, 6.07) is 5.11. The van der Waals surface area contributed by atoms with E-state index in [0.29, 0.717) is 5.56 Å². The number of nitrogens with one attached hydrogen (secondary N) is 1.